The molecule has 1 aliphatic heterocycles. The monoisotopic (exact) mass is 483 g/mol. The standard InChI is InChI=1S/C21H26FN3O5S2/c1-3-20(25(31(2,27)28)18-10-6-16(22)7-11-18)21(26)23-17-8-12-19(13-9-17)32(29,30)24-14-4-5-15-24/h6-13,20H,3-5,14-15H2,1-2H3,(H,23,26)/t20-/m0/s1. The van der Waals surface area contributed by atoms with E-state index < -0.39 is 37.8 Å². The van der Waals surface area contributed by atoms with Crippen LogP contribution in [-0.4, -0.2) is 52.4 Å². The molecule has 32 heavy (non-hydrogen) atoms. The van der Waals surface area contributed by atoms with Crippen molar-refractivity contribution in [2.45, 2.75) is 37.1 Å². The number of amides is 1. The van der Waals surface area contributed by atoms with E-state index in [-0.39, 0.29) is 17.0 Å². The zero-order valence-electron chi connectivity index (χ0n) is 17.9. The first-order valence-corrected chi connectivity index (χ1v) is 13.5. The minimum atomic E-state index is -3.85. The molecular weight excluding hydrogens is 457 g/mol. The number of benzene rings is 2. The van der Waals surface area contributed by atoms with Crippen LogP contribution in [0.4, 0.5) is 15.8 Å². The third-order valence-electron chi connectivity index (χ3n) is 5.24. The van der Waals surface area contributed by atoms with E-state index in [2.05, 4.69) is 5.32 Å². The van der Waals surface area contributed by atoms with E-state index in [1.165, 1.54) is 40.7 Å². The topological polar surface area (TPSA) is 104 Å². The average Bonchev–Trinajstić information content (AvgIpc) is 3.28. The second-order valence-electron chi connectivity index (χ2n) is 7.58. The molecule has 0 bridgehead atoms. The van der Waals surface area contributed by atoms with Crippen molar-refractivity contribution in [3.05, 3.63) is 54.3 Å². The number of halogens is 1. The highest BCUT2D eigenvalue weighted by Gasteiger charge is 2.32. The summed E-state index contributed by atoms with van der Waals surface area (Å²) in [5.41, 5.74) is 0.504. The zero-order valence-corrected chi connectivity index (χ0v) is 19.5. The van der Waals surface area contributed by atoms with Gasteiger partial charge in [0, 0.05) is 18.8 Å². The van der Waals surface area contributed by atoms with Crippen LogP contribution in [0.25, 0.3) is 0 Å². The van der Waals surface area contributed by atoms with E-state index >= 15 is 0 Å². The number of rotatable bonds is 8. The molecule has 1 atom stereocenters. The molecule has 0 saturated carbocycles. The largest absolute Gasteiger partial charge is 0.324 e. The van der Waals surface area contributed by atoms with Crippen molar-refractivity contribution in [3.8, 4) is 0 Å². The predicted molar refractivity (Wildman–Crippen MR) is 121 cm³/mol. The van der Waals surface area contributed by atoms with Gasteiger partial charge in [0.25, 0.3) is 0 Å². The summed E-state index contributed by atoms with van der Waals surface area (Å²) < 4.78 is 65.8. The molecule has 2 aromatic carbocycles. The summed E-state index contributed by atoms with van der Waals surface area (Å²) in [6.45, 7) is 2.64. The lowest BCUT2D eigenvalue weighted by molar-refractivity contribution is -0.117. The third-order valence-corrected chi connectivity index (χ3v) is 8.33. The van der Waals surface area contributed by atoms with Crippen LogP contribution in [0.15, 0.2) is 53.4 Å². The van der Waals surface area contributed by atoms with Gasteiger partial charge in [-0.25, -0.2) is 21.2 Å². The molecule has 1 saturated heterocycles. The molecular formula is C21H26FN3O5S2. The number of sulfonamides is 2. The van der Waals surface area contributed by atoms with Gasteiger partial charge in [-0.1, -0.05) is 6.92 Å². The van der Waals surface area contributed by atoms with Crippen LogP contribution < -0.4 is 9.62 Å². The number of carbonyl (C=O) groups is 1. The first-order valence-electron chi connectivity index (χ1n) is 10.2. The maximum Gasteiger partial charge on any atom is 0.248 e. The minimum Gasteiger partial charge on any atom is -0.324 e. The first kappa shape index (κ1) is 24.1. The van der Waals surface area contributed by atoms with Gasteiger partial charge >= 0.3 is 0 Å². The molecule has 11 heteroatoms. The van der Waals surface area contributed by atoms with E-state index in [0.29, 0.717) is 18.8 Å². The second-order valence-corrected chi connectivity index (χ2v) is 11.4. The molecule has 0 aromatic heterocycles. The number of nitrogens with zero attached hydrogens (tertiary/aromatic N) is 2. The Hall–Kier alpha value is -2.50. The molecule has 174 valence electrons. The summed E-state index contributed by atoms with van der Waals surface area (Å²) >= 11 is 0. The highest BCUT2D eigenvalue weighted by Crippen LogP contribution is 2.25. The summed E-state index contributed by atoms with van der Waals surface area (Å²) in [4.78, 5) is 13.1. The van der Waals surface area contributed by atoms with Crippen LogP contribution in [0.3, 0.4) is 0 Å². The SMILES string of the molecule is CC[C@@H](C(=O)Nc1ccc(S(=O)(=O)N2CCCC2)cc1)N(c1ccc(F)cc1)S(C)(=O)=O. The van der Waals surface area contributed by atoms with E-state index in [4.69, 9.17) is 0 Å². The van der Waals surface area contributed by atoms with Gasteiger partial charge in [-0.3, -0.25) is 9.10 Å². The molecule has 1 aliphatic rings. The molecule has 1 amide bonds. The number of anilines is 2. The summed E-state index contributed by atoms with van der Waals surface area (Å²) in [7, 11) is -7.42. The summed E-state index contributed by atoms with van der Waals surface area (Å²) in [5, 5.41) is 2.65. The third kappa shape index (κ3) is 5.28. The number of nitrogens with one attached hydrogen (secondary N) is 1. The number of carbonyl (C=O) groups excluding carboxylic acids is 1. The molecule has 3 rings (SSSR count). The quantitative estimate of drug-likeness (QED) is 0.622. The lowest BCUT2D eigenvalue weighted by atomic mass is 10.2. The van der Waals surface area contributed by atoms with Crippen molar-refractivity contribution in [2.75, 3.05) is 29.0 Å². The molecule has 1 heterocycles. The van der Waals surface area contributed by atoms with Crippen LogP contribution >= 0.6 is 0 Å². The molecule has 0 aliphatic carbocycles. The van der Waals surface area contributed by atoms with Crippen LogP contribution in [0.5, 0.6) is 0 Å². The van der Waals surface area contributed by atoms with Crippen LogP contribution in [0.2, 0.25) is 0 Å². The average molecular weight is 484 g/mol. The van der Waals surface area contributed by atoms with Gasteiger partial charge in [0.15, 0.2) is 0 Å². The summed E-state index contributed by atoms with van der Waals surface area (Å²) in [5.74, 6) is -1.11. The van der Waals surface area contributed by atoms with Gasteiger partial charge in [0.2, 0.25) is 26.0 Å². The maximum absolute atomic E-state index is 13.3. The van der Waals surface area contributed by atoms with Gasteiger partial charge < -0.3 is 5.32 Å². The lowest BCUT2D eigenvalue weighted by Crippen LogP contribution is -2.47. The Morgan fingerprint density at radius 3 is 2.09 bits per heavy atom. The fraction of sp³-hybridized carbons (Fsp3) is 0.381. The number of hydrogen-bond donors (Lipinski definition) is 1. The smallest absolute Gasteiger partial charge is 0.248 e. The van der Waals surface area contributed by atoms with Gasteiger partial charge in [0.1, 0.15) is 11.9 Å². The van der Waals surface area contributed by atoms with E-state index in [9.17, 15) is 26.0 Å². The Labute approximate surface area is 188 Å². The summed E-state index contributed by atoms with van der Waals surface area (Å²) in [6.07, 6.45) is 2.80. The normalized spacial score (nSPS) is 16.0. The van der Waals surface area contributed by atoms with Crippen LogP contribution in [0, 0.1) is 5.82 Å². The molecule has 0 unspecified atom stereocenters. The Kier molecular flexibility index (Phi) is 7.21. The van der Waals surface area contributed by atoms with Crippen LogP contribution in [-0.2, 0) is 24.8 Å². The van der Waals surface area contributed by atoms with Gasteiger partial charge in [-0.2, -0.15) is 4.31 Å². The molecule has 0 spiro atoms. The molecule has 2 aromatic rings. The van der Waals surface area contributed by atoms with Crippen molar-refractivity contribution < 1.29 is 26.0 Å². The Balaban J connectivity index is 1.81. The van der Waals surface area contributed by atoms with Crippen molar-refractivity contribution >= 4 is 37.3 Å². The molecule has 1 fully saturated rings. The van der Waals surface area contributed by atoms with Crippen molar-refractivity contribution in [1.82, 2.24) is 4.31 Å². The second kappa shape index (κ2) is 9.55. The number of hydrogen-bond acceptors (Lipinski definition) is 5. The first-order chi connectivity index (χ1) is 15.0. The molecule has 8 nitrogen and oxygen atoms in total. The van der Waals surface area contributed by atoms with Gasteiger partial charge in [0.05, 0.1) is 16.8 Å². The van der Waals surface area contributed by atoms with E-state index in [1.807, 2.05) is 0 Å². The van der Waals surface area contributed by atoms with Crippen molar-refractivity contribution in [3.63, 3.8) is 0 Å². The fourth-order valence-corrected chi connectivity index (χ4v) is 6.39. The Bertz CT molecular complexity index is 1160. The minimum absolute atomic E-state index is 0.133. The predicted octanol–water partition coefficient (Wildman–Crippen LogP) is 2.79. The Morgan fingerprint density at radius 2 is 1.59 bits per heavy atom. The van der Waals surface area contributed by atoms with Gasteiger partial charge in [-0.15, -0.1) is 0 Å². The lowest BCUT2D eigenvalue weighted by Gasteiger charge is -2.30. The summed E-state index contributed by atoms with van der Waals surface area (Å²) in [6, 6.07) is 9.52. The molecule has 1 N–H and O–H groups in total. The van der Waals surface area contributed by atoms with Gasteiger partial charge in [-0.05, 0) is 67.8 Å². The van der Waals surface area contributed by atoms with Crippen molar-refractivity contribution in [1.29, 1.82) is 0 Å². The maximum atomic E-state index is 13.3. The zero-order chi connectivity index (χ0) is 23.5. The van der Waals surface area contributed by atoms with E-state index in [0.717, 1.165) is 35.5 Å². The highest BCUT2D eigenvalue weighted by atomic mass is 32.2. The van der Waals surface area contributed by atoms with E-state index in [1.54, 1.807) is 6.92 Å². The van der Waals surface area contributed by atoms with Crippen molar-refractivity contribution in [2.24, 2.45) is 0 Å². The molecule has 0 radical (unpaired) electrons. The fourth-order valence-electron chi connectivity index (χ4n) is 3.66. The van der Waals surface area contributed by atoms with Crippen LogP contribution in [0.1, 0.15) is 26.2 Å². The highest BCUT2D eigenvalue weighted by molar-refractivity contribution is 7.92. The Morgan fingerprint density at radius 1 is 1.03 bits per heavy atom.